The number of fused-ring (bicyclic) bond motifs is 5. The highest BCUT2D eigenvalue weighted by Gasteiger charge is 2.44. The maximum atomic E-state index is 12.6. The van der Waals surface area contributed by atoms with Crippen LogP contribution >= 0.6 is 11.6 Å². The molecule has 0 bridgehead atoms. The average molecular weight is 300 g/mol. The summed E-state index contributed by atoms with van der Waals surface area (Å²) >= 11 is 6.15. The van der Waals surface area contributed by atoms with Gasteiger partial charge in [0.15, 0.2) is 0 Å². The molecule has 0 aromatic heterocycles. The molecule has 2 atom stereocenters. The molecule has 0 aliphatic carbocycles. The second-order valence-corrected chi connectivity index (χ2v) is 6.06. The molecule has 106 valence electrons. The minimum atomic E-state index is -0.189. The van der Waals surface area contributed by atoms with E-state index in [9.17, 15) is 4.79 Å². The van der Waals surface area contributed by atoms with E-state index in [2.05, 4.69) is 0 Å². The molecule has 2 aromatic carbocycles. The van der Waals surface area contributed by atoms with Crippen LogP contribution in [0.15, 0.2) is 42.5 Å². The molecule has 1 amide bonds. The van der Waals surface area contributed by atoms with Crippen molar-refractivity contribution >= 4 is 17.5 Å². The first-order valence-corrected chi connectivity index (χ1v) is 7.34. The summed E-state index contributed by atoms with van der Waals surface area (Å²) < 4.78 is 6.05. The minimum Gasteiger partial charge on any atom is -0.457 e. The molecule has 0 spiro atoms. The first-order valence-electron chi connectivity index (χ1n) is 6.96. The highest BCUT2D eigenvalue weighted by molar-refractivity contribution is 6.30. The van der Waals surface area contributed by atoms with Crippen LogP contribution in [0.25, 0.3) is 0 Å². The van der Waals surface area contributed by atoms with Gasteiger partial charge in [-0.2, -0.15) is 0 Å². The number of carbonyl (C=O) groups is 1. The molecule has 2 aliphatic rings. The molecule has 1 fully saturated rings. The Morgan fingerprint density at radius 1 is 1.14 bits per heavy atom. The molecule has 21 heavy (non-hydrogen) atoms. The van der Waals surface area contributed by atoms with E-state index in [1.807, 2.05) is 49.5 Å². The first-order chi connectivity index (χ1) is 10.1. The van der Waals surface area contributed by atoms with Crippen LogP contribution in [-0.2, 0) is 4.79 Å². The zero-order chi connectivity index (χ0) is 14.6. The van der Waals surface area contributed by atoms with Crippen LogP contribution in [-0.4, -0.2) is 24.4 Å². The lowest BCUT2D eigenvalue weighted by atomic mass is 9.84. The molecule has 1 saturated heterocycles. The molecule has 0 saturated carbocycles. The summed E-state index contributed by atoms with van der Waals surface area (Å²) in [4.78, 5) is 14.4. The average Bonchev–Trinajstić information content (AvgIpc) is 2.70. The van der Waals surface area contributed by atoms with Gasteiger partial charge in [-0.15, -0.1) is 0 Å². The van der Waals surface area contributed by atoms with Gasteiger partial charge in [0.2, 0.25) is 5.91 Å². The molecular formula is C17H14ClNO2. The van der Waals surface area contributed by atoms with Crippen molar-refractivity contribution in [2.45, 2.75) is 11.8 Å². The molecule has 1 unspecified atom stereocenters. The zero-order valence-corrected chi connectivity index (χ0v) is 12.3. The van der Waals surface area contributed by atoms with Crippen molar-refractivity contribution in [1.82, 2.24) is 4.90 Å². The fourth-order valence-electron chi connectivity index (χ4n) is 3.38. The third-order valence-corrected chi connectivity index (χ3v) is 4.60. The number of carbonyl (C=O) groups excluding carboxylic acids is 1. The van der Waals surface area contributed by atoms with Gasteiger partial charge in [0.25, 0.3) is 0 Å². The fraction of sp³-hybridized carbons (Fsp3) is 0.235. The van der Waals surface area contributed by atoms with Crippen LogP contribution in [0.3, 0.4) is 0 Å². The number of likely N-dealkylation sites (tertiary alicyclic amines) is 1. The first kappa shape index (κ1) is 12.7. The largest absolute Gasteiger partial charge is 0.457 e. The SMILES string of the molecule is CN1C[C@@H]2c3cc(Cl)ccc3Oc3ccccc3C2C1=O. The van der Waals surface area contributed by atoms with Crippen molar-refractivity contribution in [2.24, 2.45) is 0 Å². The van der Waals surface area contributed by atoms with E-state index in [1.54, 1.807) is 4.90 Å². The Balaban J connectivity index is 1.98. The number of para-hydroxylation sites is 1. The number of benzene rings is 2. The molecule has 0 N–H and O–H groups in total. The van der Waals surface area contributed by atoms with E-state index in [1.165, 1.54) is 0 Å². The van der Waals surface area contributed by atoms with Crippen molar-refractivity contribution in [1.29, 1.82) is 0 Å². The van der Waals surface area contributed by atoms with Crippen molar-refractivity contribution in [3.05, 3.63) is 58.6 Å². The summed E-state index contributed by atoms with van der Waals surface area (Å²) in [5, 5.41) is 0.670. The van der Waals surface area contributed by atoms with Gasteiger partial charge in [-0.05, 0) is 24.3 Å². The van der Waals surface area contributed by atoms with Crippen molar-refractivity contribution < 1.29 is 9.53 Å². The van der Waals surface area contributed by atoms with Gasteiger partial charge in [-0.3, -0.25) is 4.79 Å². The topological polar surface area (TPSA) is 29.5 Å². The van der Waals surface area contributed by atoms with Crippen molar-refractivity contribution in [2.75, 3.05) is 13.6 Å². The van der Waals surface area contributed by atoms with Crippen molar-refractivity contribution in [3.63, 3.8) is 0 Å². The van der Waals surface area contributed by atoms with Gasteiger partial charge in [-0.25, -0.2) is 0 Å². The van der Waals surface area contributed by atoms with Crippen LogP contribution in [0.2, 0.25) is 5.02 Å². The molecule has 4 heteroatoms. The molecule has 2 aromatic rings. The van der Waals surface area contributed by atoms with E-state index in [0.717, 1.165) is 22.6 Å². The highest BCUT2D eigenvalue weighted by Crippen LogP contribution is 2.50. The van der Waals surface area contributed by atoms with E-state index in [4.69, 9.17) is 16.3 Å². The minimum absolute atomic E-state index is 0.0832. The fourth-order valence-corrected chi connectivity index (χ4v) is 3.56. The second kappa shape index (κ2) is 4.50. The Morgan fingerprint density at radius 3 is 2.76 bits per heavy atom. The van der Waals surface area contributed by atoms with E-state index >= 15 is 0 Å². The Bertz CT molecular complexity index is 743. The number of hydrogen-bond donors (Lipinski definition) is 0. The van der Waals surface area contributed by atoms with E-state index in [0.29, 0.717) is 11.6 Å². The highest BCUT2D eigenvalue weighted by atomic mass is 35.5. The molecule has 2 aliphatic heterocycles. The molecular weight excluding hydrogens is 286 g/mol. The van der Waals surface area contributed by atoms with E-state index in [-0.39, 0.29) is 17.7 Å². The van der Waals surface area contributed by atoms with Gasteiger partial charge < -0.3 is 9.64 Å². The lowest BCUT2D eigenvalue weighted by molar-refractivity contribution is -0.127. The molecule has 0 radical (unpaired) electrons. The predicted octanol–water partition coefficient (Wildman–Crippen LogP) is 3.79. The zero-order valence-electron chi connectivity index (χ0n) is 11.5. The third kappa shape index (κ3) is 1.84. The number of likely N-dealkylation sites (N-methyl/N-ethyl adjacent to an activating group) is 1. The number of halogens is 1. The van der Waals surface area contributed by atoms with Crippen LogP contribution in [0.4, 0.5) is 0 Å². The maximum absolute atomic E-state index is 12.6. The number of ether oxygens (including phenoxy) is 1. The standard InChI is InChI=1S/C17H14ClNO2/c1-19-9-13-12-8-10(18)6-7-15(12)21-14-5-3-2-4-11(14)16(13)17(19)20/h2-8,13,16H,9H2,1H3/t13-,16?/m1/s1. The lowest BCUT2D eigenvalue weighted by Crippen LogP contribution is -2.21. The van der Waals surface area contributed by atoms with Crippen LogP contribution in [0, 0.1) is 0 Å². The lowest BCUT2D eigenvalue weighted by Gasteiger charge is -2.15. The Morgan fingerprint density at radius 2 is 1.90 bits per heavy atom. The normalized spacial score (nSPS) is 23.0. The Kier molecular flexibility index (Phi) is 2.73. The number of amides is 1. The second-order valence-electron chi connectivity index (χ2n) is 5.62. The van der Waals surface area contributed by atoms with Crippen LogP contribution in [0.1, 0.15) is 23.0 Å². The van der Waals surface area contributed by atoms with Gasteiger partial charge >= 0.3 is 0 Å². The Hall–Kier alpha value is -2.00. The quantitative estimate of drug-likeness (QED) is 0.741. The summed E-state index contributed by atoms with van der Waals surface area (Å²) in [6, 6.07) is 13.4. The monoisotopic (exact) mass is 299 g/mol. The molecule has 3 nitrogen and oxygen atoms in total. The van der Waals surface area contributed by atoms with Crippen molar-refractivity contribution in [3.8, 4) is 11.5 Å². The van der Waals surface area contributed by atoms with Gasteiger partial charge in [0, 0.05) is 35.7 Å². The number of hydrogen-bond acceptors (Lipinski definition) is 2. The van der Waals surface area contributed by atoms with Gasteiger partial charge in [0.05, 0.1) is 5.92 Å². The predicted molar refractivity (Wildman–Crippen MR) is 81.1 cm³/mol. The number of rotatable bonds is 0. The summed E-state index contributed by atoms with van der Waals surface area (Å²) in [5.41, 5.74) is 1.98. The van der Waals surface area contributed by atoms with Gasteiger partial charge in [-0.1, -0.05) is 29.8 Å². The summed E-state index contributed by atoms with van der Waals surface area (Å²) in [7, 11) is 1.85. The number of nitrogens with zero attached hydrogens (tertiary/aromatic N) is 1. The summed E-state index contributed by atoms with van der Waals surface area (Å²) in [6.45, 7) is 0.689. The maximum Gasteiger partial charge on any atom is 0.230 e. The summed E-state index contributed by atoms with van der Waals surface area (Å²) in [6.07, 6.45) is 0. The van der Waals surface area contributed by atoms with E-state index < -0.39 is 0 Å². The van der Waals surface area contributed by atoms with Crippen LogP contribution < -0.4 is 4.74 Å². The summed E-state index contributed by atoms with van der Waals surface area (Å²) in [5.74, 6) is 1.59. The third-order valence-electron chi connectivity index (χ3n) is 4.36. The molecule has 4 rings (SSSR count). The van der Waals surface area contributed by atoms with Crippen LogP contribution in [0.5, 0.6) is 11.5 Å². The smallest absolute Gasteiger partial charge is 0.230 e. The van der Waals surface area contributed by atoms with Gasteiger partial charge in [0.1, 0.15) is 11.5 Å². The molecule has 2 heterocycles. The Labute approximate surface area is 128 Å².